The largest absolute Gasteiger partial charge is 0.487 e. The molecule has 0 saturated heterocycles. The molecule has 2 aromatic carbocycles. The lowest BCUT2D eigenvalue weighted by molar-refractivity contribution is 0.302. The van der Waals surface area contributed by atoms with Crippen molar-refractivity contribution in [3.8, 4) is 5.75 Å². The molecule has 0 saturated carbocycles. The minimum atomic E-state index is -0.299. The molecule has 0 amide bonds. The molecule has 0 radical (unpaired) electrons. The van der Waals surface area contributed by atoms with Gasteiger partial charge in [0, 0.05) is 16.6 Å². The van der Waals surface area contributed by atoms with Crippen LogP contribution in [0.4, 0.5) is 4.39 Å². The van der Waals surface area contributed by atoms with Crippen molar-refractivity contribution < 1.29 is 9.13 Å². The third kappa shape index (κ3) is 3.95. The zero-order chi connectivity index (χ0) is 14.5. The van der Waals surface area contributed by atoms with Gasteiger partial charge in [-0.25, -0.2) is 4.39 Å². The van der Waals surface area contributed by atoms with Crippen LogP contribution in [0.15, 0.2) is 40.9 Å². The summed E-state index contributed by atoms with van der Waals surface area (Å²) in [6, 6.07) is 10.3. The van der Waals surface area contributed by atoms with Crippen LogP contribution in [0.2, 0.25) is 5.02 Å². The summed E-state index contributed by atoms with van der Waals surface area (Å²) in [5.74, 6) is 0.330. The highest BCUT2D eigenvalue weighted by atomic mass is 79.9. The van der Waals surface area contributed by atoms with E-state index in [0.717, 1.165) is 11.1 Å². The predicted octanol–water partition coefficient (Wildman–Crippen LogP) is 4.54. The van der Waals surface area contributed by atoms with Crippen LogP contribution < -0.4 is 10.1 Å². The third-order valence-electron chi connectivity index (χ3n) is 2.72. The van der Waals surface area contributed by atoms with E-state index in [4.69, 9.17) is 16.3 Å². The molecule has 5 heteroatoms. The molecule has 2 rings (SSSR count). The fraction of sp³-hybridized carbons (Fsp3) is 0.200. The molecular formula is C15H14BrClFNO. The van der Waals surface area contributed by atoms with Gasteiger partial charge in [0.2, 0.25) is 0 Å². The zero-order valence-corrected chi connectivity index (χ0v) is 13.3. The highest BCUT2D eigenvalue weighted by Crippen LogP contribution is 2.29. The van der Waals surface area contributed by atoms with Crippen LogP contribution in [0.1, 0.15) is 11.1 Å². The van der Waals surface area contributed by atoms with Crippen LogP contribution in [0, 0.1) is 5.82 Å². The second-order valence-corrected chi connectivity index (χ2v) is 5.65. The van der Waals surface area contributed by atoms with E-state index in [1.54, 1.807) is 6.07 Å². The molecular weight excluding hydrogens is 345 g/mol. The molecule has 0 fully saturated rings. The molecule has 0 heterocycles. The molecule has 106 valence electrons. The lowest BCUT2D eigenvalue weighted by Crippen LogP contribution is -2.08. The van der Waals surface area contributed by atoms with Crippen LogP contribution in [0.5, 0.6) is 5.75 Å². The Balaban J connectivity index is 2.18. The summed E-state index contributed by atoms with van der Waals surface area (Å²) in [5, 5.41) is 3.61. The Morgan fingerprint density at radius 3 is 2.80 bits per heavy atom. The van der Waals surface area contributed by atoms with E-state index in [-0.39, 0.29) is 12.4 Å². The number of hydrogen-bond donors (Lipinski definition) is 1. The second kappa shape index (κ2) is 7.07. The second-order valence-electron chi connectivity index (χ2n) is 4.32. The van der Waals surface area contributed by atoms with E-state index in [2.05, 4.69) is 21.2 Å². The van der Waals surface area contributed by atoms with E-state index < -0.39 is 0 Å². The average Bonchev–Trinajstić information content (AvgIpc) is 2.37. The fourth-order valence-electron chi connectivity index (χ4n) is 1.89. The first-order valence-electron chi connectivity index (χ1n) is 6.10. The monoisotopic (exact) mass is 357 g/mol. The van der Waals surface area contributed by atoms with Gasteiger partial charge in [-0.1, -0.05) is 39.7 Å². The molecule has 1 N–H and O–H groups in total. The van der Waals surface area contributed by atoms with Gasteiger partial charge in [0.1, 0.15) is 18.2 Å². The maximum atomic E-state index is 13.3. The van der Waals surface area contributed by atoms with E-state index in [9.17, 15) is 4.39 Å². The van der Waals surface area contributed by atoms with Gasteiger partial charge in [-0.15, -0.1) is 0 Å². The molecule has 0 aliphatic carbocycles. The van der Waals surface area contributed by atoms with E-state index >= 15 is 0 Å². The standard InChI is InChI=1S/C15H14BrClFNO/c1-19-8-11-3-2-4-14(17)15(11)20-9-10-5-12(16)7-13(18)6-10/h2-7,19H,8-9H2,1H3. The first kappa shape index (κ1) is 15.3. The molecule has 0 aromatic heterocycles. The van der Waals surface area contributed by atoms with Crippen molar-refractivity contribution in [1.29, 1.82) is 0 Å². The Morgan fingerprint density at radius 2 is 2.10 bits per heavy atom. The molecule has 0 bridgehead atoms. The molecule has 0 atom stereocenters. The summed E-state index contributed by atoms with van der Waals surface area (Å²) < 4.78 is 19.8. The van der Waals surface area contributed by atoms with Gasteiger partial charge in [0.25, 0.3) is 0 Å². The van der Waals surface area contributed by atoms with E-state index in [1.165, 1.54) is 12.1 Å². The Hall–Kier alpha value is -1.10. The van der Waals surface area contributed by atoms with Crippen LogP contribution >= 0.6 is 27.5 Å². The molecule has 0 spiro atoms. The summed E-state index contributed by atoms with van der Waals surface area (Å²) in [7, 11) is 1.86. The van der Waals surface area contributed by atoms with E-state index in [0.29, 0.717) is 21.8 Å². The smallest absolute Gasteiger partial charge is 0.142 e. The lowest BCUT2D eigenvalue weighted by atomic mass is 10.2. The van der Waals surface area contributed by atoms with Gasteiger partial charge in [-0.05, 0) is 36.9 Å². The molecule has 2 nitrogen and oxygen atoms in total. The Bertz CT molecular complexity index is 586. The van der Waals surface area contributed by atoms with Crippen molar-refractivity contribution in [3.63, 3.8) is 0 Å². The van der Waals surface area contributed by atoms with Gasteiger partial charge >= 0.3 is 0 Å². The van der Waals surface area contributed by atoms with Gasteiger partial charge in [-0.2, -0.15) is 0 Å². The third-order valence-corrected chi connectivity index (χ3v) is 3.48. The molecule has 0 aliphatic heterocycles. The number of benzene rings is 2. The SMILES string of the molecule is CNCc1cccc(Cl)c1OCc1cc(F)cc(Br)c1. The first-order valence-corrected chi connectivity index (χ1v) is 7.27. The van der Waals surface area contributed by atoms with Crippen LogP contribution in [-0.4, -0.2) is 7.05 Å². The van der Waals surface area contributed by atoms with Crippen LogP contribution in [0.25, 0.3) is 0 Å². The average molecular weight is 359 g/mol. The summed E-state index contributed by atoms with van der Waals surface area (Å²) in [6.07, 6.45) is 0. The van der Waals surface area contributed by atoms with Gasteiger partial charge in [0.15, 0.2) is 0 Å². The summed E-state index contributed by atoms with van der Waals surface area (Å²) in [4.78, 5) is 0. The minimum Gasteiger partial charge on any atom is -0.487 e. The van der Waals surface area contributed by atoms with Crippen molar-refractivity contribution in [1.82, 2.24) is 5.32 Å². The highest BCUT2D eigenvalue weighted by molar-refractivity contribution is 9.10. The van der Waals surface area contributed by atoms with Crippen LogP contribution in [-0.2, 0) is 13.2 Å². The maximum absolute atomic E-state index is 13.3. The normalized spacial score (nSPS) is 10.6. The highest BCUT2D eigenvalue weighted by Gasteiger charge is 2.09. The number of ether oxygens (including phenoxy) is 1. The topological polar surface area (TPSA) is 21.3 Å². The molecule has 0 unspecified atom stereocenters. The number of nitrogens with one attached hydrogen (secondary N) is 1. The lowest BCUT2D eigenvalue weighted by Gasteiger charge is -2.13. The first-order chi connectivity index (χ1) is 9.60. The van der Waals surface area contributed by atoms with Crippen molar-refractivity contribution in [2.45, 2.75) is 13.2 Å². The van der Waals surface area contributed by atoms with Crippen LogP contribution in [0.3, 0.4) is 0 Å². The summed E-state index contributed by atoms with van der Waals surface area (Å²) in [5.41, 5.74) is 1.71. The van der Waals surface area contributed by atoms with Crippen molar-refractivity contribution in [2.24, 2.45) is 0 Å². The maximum Gasteiger partial charge on any atom is 0.142 e. The van der Waals surface area contributed by atoms with E-state index in [1.807, 2.05) is 25.2 Å². The number of halogens is 3. The Labute approximate surface area is 131 Å². The molecule has 0 aliphatic rings. The van der Waals surface area contributed by atoms with Crippen molar-refractivity contribution >= 4 is 27.5 Å². The predicted molar refractivity (Wildman–Crippen MR) is 82.6 cm³/mol. The summed E-state index contributed by atoms with van der Waals surface area (Å²) in [6.45, 7) is 0.916. The zero-order valence-electron chi connectivity index (χ0n) is 10.9. The van der Waals surface area contributed by atoms with Crippen molar-refractivity contribution in [3.05, 3.63) is 62.8 Å². The summed E-state index contributed by atoms with van der Waals surface area (Å²) >= 11 is 9.42. The van der Waals surface area contributed by atoms with Crippen molar-refractivity contribution in [2.75, 3.05) is 7.05 Å². The van der Waals surface area contributed by atoms with Gasteiger partial charge in [-0.3, -0.25) is 0 Å². The minimum absolute atomic E-state index is 0.261. The fourth-order valence-corrected chi connectivity index (χ4v) is 2.66. The Morgan fingerprint density at radius 1 is 1.30 bits per heavy atom. The molecule has 2 aromatic rings. The quantitative estimate of drug-likeness (QED) is 0.847. The number of hydrogen-bond acceptors (Lipinski definition) is 2. The molecule has 20 heavy (non-hydrogen) atoms. The van der Waals surface area contributed by atoms with Gasteiger partial charge in [0.05, 0.1) is 5.02 Å². The number of para-hydroxylation sites is 1. The number of rotatable bonds is 5. The Kier molecular flexibility index (Phi) is 5.40. The van der Waals surface area contributed by atoms with Gasteiger partial charge < -0.3 is 10.1 Å².